The number of benzene rings is 1. The molecule has 0 aliphatic carbocycles. The van der Waals surface area contributed by atoms with Crippen molar-refractivity contribution in [2.75, 3.05) is 14.2 Å². The van der Waals surface area contributed by atoms with E-state index < -0.39 is 18.3 Å². The number of carbonyl (C=O) groups excluding carboxylic acids is 2. The molecule has 0 saturated heterocycles. The van der Waals surface area contributed by atoms with E-state index in [9.17, 15) is 14.4 Å². The van der Waals surface area contributed by atoms with Gasteiger partial charge in [-0.25, -0.2) is 9.59 Å². The molecule has 0 fully saturated rings. The molecule has 0 unspecified atom stereocenters. The Balaban J connectivity index is 2.98. The number of carbonyl (C=O) groups is 3. The number of carboxylic acid groups (broad SMARTS) is 1. The van der Waals surface area contributed by atoms with Crippen molar-refractivity contribution in [1.82, 2.24) is 0 Å². The minimum absolute atomic E-state index is 0.0497. The highest BCUT2D eigenvalue weighted by atomic mass is 16.7. The molecule has 1 aromatic carbocycles. The van der Waals surface area contributed by atoms with Crippen LogP contribution in [-0.4, -0.2) is 37.6 Å². The van der Waals surface area contributed by atoms with Crippen molar-refractivity contribution >= 4 is 18.3 Å². The van der Waals surface area contributed by atoms with Crippen LogP contribution >= 0.6 is 0 Å². The number of hydrogen-bond acceptors (Lipinski definition) is 7. The van der Waals surface area contributed by atoms with Gasteiger partial charge in [0.25, 0.3) is 0 Å². The summed E-state index contributed by atoms with van der Waals surface area (Å²) < 4.78 is 18.3. The van der Waals surface area contributed by atoms with Crippen molar-refractivity contribution in [3.63, 3.8) is 0 Å². The zero-order valence-corrected chi connectivity index (χ0v) is 11.5. The smallest absolute Gasteiger partial charge is 0.481 e. The highest BCUT2D eigenvalue weighted by Crippen LogP contribution is 2.29. The van der Waals surface area contributed by atoms with Gasteiger partial charge in [0.1, 0.15) is 0 Å². The summed E-state index contributed by atoms with van der Waals surface area (Å²) in [5, 5.41) is 8.64. The molecule has 0 bridgehead atoms. The predicted molar refractivity (Wildman–Crippen MR) is 68.5 cm³/mol. The normalized spacial score (nSPS) is 9.62. The molecule has 0 heterocycles. The van der Waals surface area contributed by atoms with Crippen molar-refractivity contribution < 1.29 is 38.4 Å². The molecule has 0 aromatic heterocycles. The van der Waals surface area contributed by atoms with Crippen molar-refractivity contribution in [3.05, 3.63) is 23.8 Å². The Kier molecular flexibility index (Phi) is 5.99. The minimum Gasteiger partial charge on any atom is -0.481 e. The van der Waals surface area contributed by atoms with E-state index in [1.807, 2.05) is 0 Å². The molecule has 0 saturated carbocycles. The van der Waals surface area contributed by atoms with Gasteiger partial charge in [-0.3, -0.25) is 4.79 Å². The van der Waals surface area contributed by atoms with E-state index in [1.165, 1.54) is 12.1 Å². The maximum atomic E-state index is 11.2. The molecule has 0 radical (unpaired) electrons. The van der Waals surface area contributed by atoms with Gasteiger partial charge >= 0.3 is 18.3 Å². The Labute approximate surface area is 120 Å². The van der Waals surface area contributed by atoms with E-state index in [2.05, 4.69) is 9.47 Å². The van der Waals surface area contributed by atoms with E-state index >= 15 is 0 Å². The number of rotatable bonds is 5. The van der Waals surface area contributed by atoms with E-state index in [0.717, 1.165) is 14.2 Å². The van der Waals surface area contributed by atoms with E-state index in [0.29, 0.717) is 5.56 Å². The number of ether oxygens (including phenoxy) is 4. The predicted octanol–water partition coefficient (Wildman–Crippen LogP) is 1.99. The Morgan fingerprint density at radius 2 is 1.57 bits per heavy atom. The van der Waals surface area contributed by atoms with E-state index in [-0.39, 0.29) is 24.3 Å². The summed E-state index contributed by atoms with van der Waals surface area (Å²) in [5.41, 5.74) is 0.591. The number of aryl methyl sites for hydroxylation is 1. The largest absolute Gasteiger partial charge is 0.513 e. The van der Waals surface area contributed by atoms with Gasteiger partial charge in [0, 0.05) is 6.42 Å². The summed E-state index contributed by atoms with van der Waals surface area (Å²) in [5.74, 6) is -1.08. The summed E-state index contributed by atoms with van der Waals surface area (Å²) in [6.07, 6.45) is -1.84. The summed E-state index contributed by atoms with van der Waals surface area (Å²) in [7, 11) is 2.25. The van der Waals surface area contributed by atoms with Crippen LogP contribution in [-0.2, 0) is 20.7 Å². The molecular formula is C13H14O8. The Hall–Kier alpha value is -2.77. The molecule has 0 spiro atoms. The first kappa shape index (κ1) is 16.3. The third-order valence-corrected chi connectivity index (χ3v) is 2.36. The van der Waals surface area contributed by atoms with Crippen LogP contribution in [0.1, 0.15) is 12.0 Å². The molecule has 0 aliphatic heterocycles. The molecule has 0 aliphatic rings. The minimum atomic E-state index is -1.000. The molecule has 1 aromatic rings. The third kappa shape index (κ3) is 5.39. The number of hydrogen-bond donors (Lipinski definition) is 1. The summed E-state index contributed by atoms with van der Waals surface area (Å²) in [6, 6.07) is 4.30. The lowest BCUT2D eigenvalue weighted by atomic mass is 10.1. The van der Waals surface area contributed by atoms with Gasteiger partial charge in [0.15, 0.2) is 11.5 Å². The molecule has 1 rings (SSSR count). The lowest BCUT2D eigenvalue weighted by Crippen LogP contribution is -2.12. The van der Waals surface area contributed by atoms with Crippen molar-refractivity contribution in [2.24, 2.45) is 0 Å². The second-order valence-corrected chi connectivity index (χ2v) is 3.79. The Morgan fingerprint density at radius 1 is 1.00 bits per heavy atom. The van der Waals surface area contributed by atoms with Gasteiger partial charge < -0.3 is 24.1 Å². The first-order valence-corrected chi connectivity index (χ1v) is 5.82. The highest BCUT2D eigenvalue weighted by molar-refractivity contribution is 5.69. The second kappa shape index (κ2) is 7.73. The van der Waals surface area contributed by atoms with Crippen molar-refractivity contribution in [2.45, 2.75) is 12.8 Å². The Bertz CT molecular complexity index is 537. The van der Waals surface area contributed by atoms with Gasteiger partial charge in [-0.2, -0.15) is 0 Å². The van der Waals surface area contributed by atoms with Crippen LogP contribution in [0, 0.1) is 0 Å². The van der Waals surface area contributed by atoms with Gasteiger partial charge in [-0.15, -0.1) is 0 Å². The highest BCUT2D eigenvalue weighted by Gasteiger charge is 2.15. The van der Waals surface area contributed by atoms with Crippen LogP contribution in [0.5, 0.6) is 11.5 Å². The first-order valence-electron chi connectivity index (χ1n) is 5.82. The van der Waals surface area contributed by atoms with Gasteiger partial charge in [-0.05, 0) is 24.1 Å². The summed E-state index contributed by atoms with van der Waals surface area (Å²) in [6.45, 7) is 0. The molecular weight excluding hydrogens is 284 g/mol. The maximum absolute atomic E-state index is 11.2. The standard InChI is InChI=1S/C13H14O8/c1-18-12(16)20-9-5-3-8(4-6-11(14)15)7-10(9)21-13(17)19-2/h3,5,7H,4,6H2,1-2H3,(H,14,15). The number of aliphatic carboxylic acids is 1. The quantitative estimate of drug-likeness (QED) is 0.649. The van der Waals surface area contributed by atoms with Gasteiger partial charge in [0.05, 0.1) is 14.2 Å². The fraction of sp³-hybridized carbons (Fsp3) is 0.308. The Morgan fingerprint density at radius 3 is 2.10 bits per heavy atom. The third-order valence-electron chi connectivity index (χ3n) is 2.36. The van der Waals surface area contributed by atoms with Crippen LogP contribution in [0.4, 0.5) is 9.59 Å². The first-order chi connectivity index (χ1) is 9.96. The lowest BCUT2D eigenvalue weighted by Gasteiger charge is -2.10. The van der Waals surface area contributed by atoms with E-state index in [1.54, 1.807) is 6.07 Å². The molecule has 8 nitrogen and oxygen atoms in total. The molecule has 114 valence electrons. The lowest BCUT2D eigenvalue weighted by molar-refractivity contribution is -0.136. The monoisotopic (exact) mass is 298 g/mol. The van der Waals surface area contributed by atoms with E-state index in [4.69, 9.17) is 14.6 Å². The maximum Gasteiger partial charge on any atom is 0.513 e. The number of methoxy groups -OCH3 is 2. The van der Waals surface area contributed by atoms with Crippen LogP contribution < -0.4 is 9.47 Å². The molecule has 0 amide bonds. The topological polar surface area (TPSA) is 108 Å². The fourth-order valence-electron chi connectivity index (χ4n) is 1.39. The number of carboxylic acids is 1. The fourth-order valence-corrected chi connectivity index (χ4v) is 1.39. The van der Waals surface area contributed by atoms with Crippen LogP contribution in [0.25, 0.3) is 0 Å². The molecule has 0 atom stereocenters. The summed E-state index contributed by atoms with van der Waals surface area (Å²) in [4.78, 5) is 32.8. The SMILES string of the molecule is COC(=O)Oc1ccc(CCC(=O)O)cc1OC(=O)OC. The van der Waals surface area contributed by atoms with Crippen molar-refractivity contribution in [3.8, 4) is 11.5 Å². The van der Waals surface area contributed by atoms with Crippen LogP contribution in [0.15, 0.2) is 18.2 Å². The molecule has 1 N–H and O–H groups in total. The van der Waals surface area contributed by atoms with Crippen LogP contribution in [0.3, 0.4) is 0 Å². The van der Waals surface area contributed by atoms with Gasteiger partial charge in [-0.1, -0.05) is 6.07 Å². The summed E-state index contributed by atoms with van der Waals surface area (Å²) >= 11 is 0. The second-order valence-electron chi connectivity index (χ2n) is 3.79. The van der Waals surface area contributed by atoms with Crippen LogP contribution in [0.2, 0.25) is 0 Å². The molecule has 21 heavy (non-hydrogen) atoms. The van der Waals surface area contributed by atoms with Crippen molar-refractivity contribution in [1.29, 1.82) is 0 Å². The average Bonchev–Trinajstić information content (AvgIpc) is 2.46. The average molecular weight is 298 g/mol. The van der Waals surface area contributed by atoms with Gasteiger partial charge in [0.2, 0.25) is 0 Å². The molecule has 8 heteroatoms. The zero-order valence-electron chi connectivity index (χ0n) is 11.5. The zero-order chi connectivity index (χ0) is 15.8.